The first-order valence-corrected chi connectivity index (χ1v) is 5.87. The Morgan fingerprint density at radius 3 is 2.53 bits per heavy atom. The van der Waals surface area contributed by atoms with Gasteiger partial charge in [0.05, 0.1) is 11.3 Å². The van der Waals surface area contributed by atoms with Gasteiger partial charge in [-0.05, 0) is 26.0 Å². The number of halogens is 2. The van der Waals surface area contributed by atoms with E-state index in [0.717, 1.165) is 29.1 Å². The van der Waals surface area contributed by atoms with Gasteiger partial charge in [0.25, 0.3) is 0 Å². The zero-order valence-electron chi connectivity index (χ0n) is 11.0. The predicted octanol–water partition coefficient (Wildman–Crippen LogP) is 2.74. The van der Waals surface area contributed by atoms with E-state index >= 15 is 0 Å². The molecule has 0 saturated carbocycles. The van der Waals surface area contributed by atoms with Crippen molar-refractivity contribution < 1.29 is 13.6 Å². The van der Waals surface area contributed by atoms with Crippen LogP contribution in [0, 0.1) is 25.5 Å². The highest BCUT2D eigenvalue weighted by atomic mass is 19.1. The predicted molar refractivity (Wildman–Crippen MR) is 67.1 cm³/mol. The Balaban J connectivity index is 2.31. The average Bonchev–Trinajstić information content (AvgIpc) is 2.56. The molecule has 19 heavy (non-hydrogen) atoms. The molecule has 3 nitrogen and oxygen atoms in total. The largest absolute Gasteiger partial charge is 0.294 e. The lowest BCUT2D eigenvalue weighted by Crippen LogP contribution is -2.08. The summed E-state index contributed by atoms with van der Waals surface area (Å²) < 4.78 is 28.0. The molecular formula is C14H14F2N2O. The highest BCUT2D eigenvalue weighted by Gasteiger charge is 2.17. The standard InChI is InChI=1S/C14H14F2N2O/c1-8-12(9(2)18(3)17-8)7-14(19)11-5-4-10(15)6-13(11)16/h4-6H,7H2,1-3H3. The molecule has 0 aliphatic heterocycles. The van der Waals surface area contributed by atoms with Gasteiger partial charge in [0.1, 0.15) is 11.6 Å². The number of hydrogen-bond donors (Lipinski definition) is 0. The molecule has 5 heteroatoms. The molecule has 1 aromatic heterocycles. The number of ketones is 1. The average molecular weight is 264 g/mol. The zero-order chi connectivity index (χ0) is 14.2. The molecule has 2 aromatic rings. The second kappa shape index (κ2) is 4.91. The Kier molecular flexibility index (Phi) is 3.46. The maximum absolute atomic E-state index is 13.5. The van der Waals surface area contributed by atoms with Gasteiger partial charge in [-0.3, -0.25) is 9.48 Å². The maximum atomic E-state index is 13.5. The zero-order valence-corrected chi connectivity index (χ0v) is 11.0. The summed E-state index contributed by atoms with van der Waals surface area (Å²) in [5.74, 6) is -1.90. The maximum Gasteiger partial charge on any atom is 0.170 e. The number of rotatable bonds is 3. The molecule has 1 heterocycles. The molecule has 0 amide bonds. The van der Waals surface area contributed by atoms with Gasteiger partial charge in [0, 0.05) is 30.8 Å². The second-order valence-corrected chi connectivity index (χ2v) is 4.50. The van der Waals surface area contributed by atoms with Gasteiger partial charge < -0.3 is 0 Å². The third-order valence-corrected chi connectivity index (χ3v) is 3.23. The van der Waals surface area contributed by atoms with Crippen molar-refractivity contribution in [2.75, 3.05) is 0 Å². The fourth-order valence-corrected chi connectivity index (χ4v) is 2.04. The van der Waals surface area contributed by atoms with Crippen LogP contribution in [0.2, 0.25) is 0 Å². The SMILES string of the molecule is Cc1nn(C)c(C)c1CC(=O)c1ccc(F)cc1F. The lowest BCUT2D eigenvalue weighted by Gasteiger charge is -2.04. The van der Waals surface area contributed by atoms with Crippen molar-refractivity contribution in [3.63, 3.8) is 0 Å². The minimum atomic E-state index is -0.829. The summed E-state index contributed by atoms with van der Waals surface area (Å²) in [5, 5.41) is 4.20. The summed E-state index contributed by atoms with van der Waals surface area (Å²) in [6.07, 6.45) is 0.0636. The minimum absolute atomic E-state index is 0.0636. The van der Waals surface area contributed by atoms with Gasteiger partial charge in [0.2, 0.25) is 0 Å². The summed E-state index contributed by atoms with van der Waals surface area (Å²) >= 11 is 0. The van der Waals surface area contributed by atoms with E-state index in [1.54, 1.807) is 18.7 Å². The van der Waals surface area contributed by atoms with Crippen molar-refractivity contribution >= 4 is 5.78 Å². The molecule has 0 unspecified atom stereocenters. The third-order valence-electron chi connectivity index (χ3n) is 3.23. The number of aryl methyl sites for hydroxylation is 2. The third kappa shape index (κ3) is 2.54. The minimum Gasteiger partial charge on any atom is -0.294 e. The van der Waals surface area contributed by atoms with E-state index in [1.165, 1.54) is 6.07 Å². The molecule has 0 bridgehead atoms. The quantitative estimate of drug-likeness (QED) is 0.799. The molecule has 0 atom stereocenters. The second-order valence-electron chi connectivity index (χ2n) is 4.50. The summed E-state index contributed by atoms with van der Waals surface area (Å²) in [7, 11) is 1.79. The van der Waals surface area contributed by atoms with Gasteiger partial charge in [-0.2, -0.15) is 5.10 Å². The number of hydrogen-bond acceptors (Lipinski definition) is 2. The summed E-state index contributed by atoms with van der Waals surface area (Å²) in [6.45, 7) is 3.65. The smallest absolute Gasteiger partial charge is 0.170 e. The van der Waals surface area contributed by atoms with Crippen LogP contribution < -0.4 is 0 Å². The summed E-state index contributed by atoms with van der Waals surface area (Å²) in [5.41, 5.74) is 2.31. The monoisotopic (exact) mass is 264 g/mol. The van der Waals surface area contributed by atoms with Crippen LogP contribution in [0.4, 0.5) is 8.78 Å². The number of Topliss-reactive ketones (excluding diaryl/α,β-unsaturated/α-hetero) is 1. The number of carbonyl (C=O) groups excluding carboxylic acids is 1. The van der Waals surface area contributed by atoms with E-state index in [1.807, 2.05) is 6.92 Å². The molecule has 0 aliphatic carbocycles. The van der Waals surface area contributed by atoms with Crippen LogP contribution in [0.25, 0.3) is 0 Å². The Labute approximate surface area is 109 Å². The van der Waals surface area contributed by atoms with E-state index in [0.29, 0.717) is 0 Å². The summed E-state index contributed by atoms with van der Waals surface area (Å²) in [4.78, 5) is 12.1. The van der Waals surface area contributed by atoms with Crippen LogP contribution >= 0.6 is 0 Å². The van der Waals surface area contributed by atoms with Crippen LogP contribution in [0.15, 0.2) is 18.2 Å². The van der Waals surface area contributed by atoms with Crippen LogP contribution in [0.5, 0.6) is 0 Å². The molecule has 1 aromatic carbocycles. The molecule has 0 spiro atoms. The molecule has 0 aliphatic rings. The van der Waals surface area contributed by atoms with Crippen molar-refractivity contribution in [3.8, 4) is 0 Å². The number of carbonyl (C=O) groups is 1. The van der Waals surface area contributed by atoms with Gasteiger partial charge in [-0.25, -0.2) is 8.78 Å². The molecule has 0 fully saturated rings. The first-order chi connectivity index (χ1) is 8.90. The highest BCUT2D eigenvalue weighted by molar-refractivity contribution is 5.98. The van der Waals surface area contributed by atoms with E-state index in [4.69, 9.17) is 0 Å². The lowest BCUT2D eigenvalue weighted by atomic mass is 10.0. The van der Waals surface area contributed by atoms with E-state index in [9.17, 15) is 13.6 Å². The topological polar surface area (TPSA) is 34.9 Å². The highest BCUT2D eigenvalue weighted by Crippen LogP contribution is 2.17. The van der Waals surface area contributed by atoms with E-state index < -0.39 is 11.6 Å². The fourth-order valence-electron chi connectivity index (χ4n) is 2.04. The Bertz CT molecular complexity index is 647. The fraction of sp³-hybridized carbons (Fsp3) is 0.286. The summed E-state index contributed by atoms with van der Waals surface area (Å²) in [6, 6.07) is 2.98. The number of benzene rings is 1. The van der Waals surface area contributed by atoms with Crippen molar-refractivity contribution in [1.82, 2.24) is 9.78 Å². The van der Waals surface area contributed by atoms with Crippen molar-refractivity contribution in [2.24, 2.45) is 7.05 Å². The van der Waals surface area contributed by atoms with Crippen LogP contribution in [0.3, 0.4) is 0 Å². The Morgan fingerprint density at radius 2 is 2.00 bits per heavy atom. The van der Waals surface area contributed by atoms with Crippen LogP contribution in [-0.4, -0.2) is 15.6 Å². The normalized spacial score (nSPS) is 10.8. The van der Waals surface area contributed by atoms with Gasteiger partial charge >= 0.3 is 0 Å². The van der Waals surface area contributed by atoms with Crippen molar-refractivity contribution in [2.45, 2.75) is 20.3 Å². The molecule has 0 radical (unpaired) electrons. The molecular weight excluding hydrogens is 250 g/mol. The van der Waals surface area contributed by atoms with E-state index in [-0.39, 0.29) is 17.8 Å². The van der Waals surface area contributed by atoms with Crippen LogP contribution in [0.1, 0.15) is 27.3 Å². The van der Waals surface area contributed by atoms with Crippen molar-refractivity contribution in [1.29, 1.82) is 0 Å². The lowest BCUT2D eigenvalue weighted by molar-refractivity contribution is 0.0988. The van der Waals surface area contributed by atoms with Crippen molar-refractivity contribution in [3.05, 3.63) is 52.3 Å². The van der Waals surface area contributed by atoms with Gasteiger partial charge in [-0.1, -0.05) is 0 Å². The molecule has 2 rings (SSSR count). The van der Waals surface area contributed by atoms with Crippen LogP contribution in [-0.2, 0) is 13.5 Å². The van der Waals surface area contributed by atoms with Gasteiger partial charge in [-0.15, -0.1) is 0 Å². The molecule has 0 saturated heterocycles. The van der Waals surface area contributed by atoms with E-state index in [2.05, 4.69) is 5.10 Å². The van der Waals surface area contributed by atoms with Gasteiger partial charge in [0.15, 0.2) is 5.78 Å². The first-order valence-electron chi connectivity index (χ1n) is 5.87. The molecule has 100 valence electrons. The Morgan fingerprint density at radius 1 is 1.32 bits per heavy atom. The first kappa shape index (κ1) is 13.4. The number of nitrogens with zero attached hydrogens (tertiary/aromatic N) is 2. The molecule has 0 N–H and O–H groups in total. The number of aromatic nitrogens is 2. The Hall–Kier alpha value is -2.04.